The number of hydrogen-bond donors (Lipinski definition) is 0. The lowest BCUT2D eigenvalue weighted by atomic mass is 10.4. The van der Waals surface area contributed by atoms with Crippen molar-refractivity contribution >= 4 is 16.9 Å². The topological polar surface area (TPSA) is 0 Å². The smallest absolute Gasteiger partial charge is 0.129 e. The summed E-state index contributed by atoms with van der Waals surface area (Å²) in [5.74, 6) is 3.31. The third-order valence-electron chi connectivity index (χ3n) is 1.44. The van der Waals surface area contributed by atoms with E-state index in [2.05, 4.69) is 44.2 Å². The molecule has 0 unspecified atom stereocenters. The highest BCUT2D eigenvalue weighted by molar-refractivity contribution is 6.83. The summed E-state index contributed by atoms with van der Waals surface area (Å²) >= 11 is 0. The molecular weight excluding hydrogens is 176 g/mol. The molecule has 0 bridgehead atoms. The molecule has 0 aliphatic rings. The average molecular weight is 197 g/mol. The van der Waals surface area contributed by atoms with Gasteiger partial charge < -0.3 is 0 Å². The largest absolute Gasteiger partial charge is 0.132 e. The van der Waals surface area contributed by atoms with Gasteiger partial charge in [0, 0.05) is 15.2 Å². The van der Waals surface area contributed by atoms with Crippen molar-refractivity contribution in [3.05, 3.63) is 0 Å². The Labute approximate surface area is 80.4 Å². The van der Waals surface area contributed by atoms with E-state index < -0.39 is 8.07 Å². The van der Waals surface area contributed by atoms with Gasteiger partial charge in [0.05, 0.1) is 0 Å². The Morgan fingerprint density at radius 1 is 1.17 bits per heavy atom. The van der Waals surface area contributed by atoms with Gasteiger partial charge in [-0.1, -0.05) is 38.8 Å². The highest BCUT2D eigenvalue weighted by Gasteiger charge is 2.06. The monoisotopic (exact) mass is 197 g/mol. The fourth-order valence-electron chi connectivity index (χ4n) is 0.858. The summed E-state index contributed by atoms with van der Waals surface area (Å²) in [5.41, 5.74) is 3.40. The van der Waals surface area contributed by atoms with Crippen LogP contribution in [0.3, 0.4) is 0 Å². The van der Waals surface area contributed by atoms with Crippen LogP contribution in [0.2, 0.25) is 38.8 Å². The molecular formula is C10H21Si2. The number of rotatable bonds is 3. The first-order valence-electron chi connectivity index (χ1n) is 4.71. The zero-order chi connectivity index (χ0) is 9.61. The Kier molecular flexibility index (Phi) is 5.60. The molecule has 0 nitrogen and oxygen atoms in total. The van der Waals surface area contributed by atoms with Crippen LogP contribution in [0, 0.1) is 11.5 Å². The van der Waals surface area contributed by atoms with E-state index in [1.807, 2.05) is 0 Å². The Balaban J connectivity index is 3.47. The Bertz CT molecular complexity index is 167. The summed E-state index contributed by atoms with van der Waals surface area (Å²) in [5, 5.41) is 0. The van der Waals surface area contributed by atoms with Crippen LogP contribution < -0.4 is 0 Å². The summed E-state index contributed by atoms with van der Waals surface area (Å²) in [6.45, 7) is 11.6. The second-order valence-corrected chi connectivity index (χ2v) is 12.3. The molecule has 1 radical (unpaired) electrons. The van der Waals surface area contributed by atoms with Gasteiger partial charge in [0.1, 0.15) is 8.07 Å². The maximum Gasteiger partial charge on any atom is 0.129 e. The lowest BCUT2D eigenvalue weighted by molar-refractivity contribution is 0.967. The molecule has 0 atom stereocenters. The fourth-order valence-corrected chi connectivity index (χ4v) is 2.40. The lowest BCUT2D eigenvalue weighted by Crippen LogP contribution is -2.16. The lowest BCUT2D eigenvalue weighted by Gasteiger charge is -2.03. The summed E-state index contributed by atoms with van der Waals surface area (Å²) in [6.07, 6.45) is 2.44. The van der Waals surface area contributed by atoms with E-state index in [1.54, 1.807) is 0 Å². The maximum absolute atomic E-state index is 3.40. The van der Waals surface area contributed by atoms with Crippen LogP contribution in [0.4, 0.5) is 0 Å². The predicted molar refractivity (Wildman–Crippen MR) is 62.6 cm³/mol. The third kappa shape index (κ3) is 9.99. The first kappa shape index (κ1) is 12.0. The molecule has 0 N–H and O–H groups in total. The zero-order valence-electron chi connectivity index (χ0n) is 9.12. The molecule has 0 saturated carbocycles. The van der Waals surface area contributed by atoms with Gasteiger partial charge in [0.2, 0.25) is 0 Å². The Hall–Kier alpha value is -0.00623. The molecule has 0 saturated heterocycles. The zero-order valence-corrected chi connectivity index (χ0v) is 11.1. The SMILES string of the molecule is C[Si](C)CCCC#C[Si](C)(C)C. The molecule has 0 spiro atoms. The van der Waals surface area contributed by atoms with Crippen LogP contribution in [0.25, 0.3) is 0 Å². The molecule has 0 aliphatic heterocycles. The van der Waals surface area contributed by atoms with E-state index in [0.717, 1.165) is 6.42 Å². The van der Waals surface area contributed by atoms with E-state index in [4.69, 9.17) is 0 Å². The van der Waals surface area contributed by atoms with Crippen LogP contribution in [0.1, 0.15) is 12.8 Å². The van der Waals surface area contributed by atoms with Crippen molar-refractivity contribution in [2.45, 2.75) is 51.6 Å². The molecule has 0 aromatic carbocycles. The second-order valence-electron chi connectivity index (χ2n) is 4.61. The van der Waals surface area contributed by atoms with Crippen molar-refractivity contribution in [1.82, 2.24) is 0 Å². The van der Waals surface area contributed by atoms with E-state index in [-0.39, 0.29) is 8.80 Å². The standard InChI is InChI=1S/C10H21Si2/c1-11(2)9-7-6-8-10-12(3,4)5/h6-7,9H2,1-5H3. The van der Waals surface area contributed by atoms with Crippen LogP contribution >= 0.6 is 0 Å². The van der Waals surface area contributed by atoms with Gasteiger partial charge in [-0.05, 0) is 6.42 Å². The molecule has 69 valence electrons. The van der Waals surface area contributed by atoms with Gasteiger partial charge in [-0.25, -0.2) is 0 Å². The summed E-state index contributed by atoms with van der Waals surface area (Å²) in [4.78, 5) is 0. The van der Waals surface area contributed by atoms with Gasteiger partial charge in [-0.3, -0.25) is 0 Å². The molecule has 0 aromatic rings. The molecule has 0 amide bonds. The number of unbranched alkanes of at least 4 members (excludes halogenated alkanes) is 1. The third-order valence-corrected chi connectivity index (χ3v) is 3.72. The highest BCUT2D eigenvalue weighted by Crippen LogP contribution is 2.01. The van der Waals surface area contributed by atoms with Gasteiger partial charge in [0.25, 0.3) is 0 Å². The molecule has 12 heavy (non-hydrogen) atoms. The van der Waals surface area contributed by atoms with Crippen molar-refractivity contribution in [2.75, 3.05) is 0 Å². The van der Waals surface area contributed by atoms with E-state index >= 15 is 0 Å². The molecule has 2 heteroatoms. The molecule has 0 heterocycles. The molecule has 0 rings (SSSR count). The Morgan fingerprint density at radius 2 is 1.75 bits per heavy atom. The van der Waals surface area contributed by atoms with Gasteiger partial charge in [-0.15, -0.1) is 11.5 Å². The minimum atomic E-state index is -1.09. The van der Waals surface area contributed by atoms with Gasteiger partial charge >= 0.3 is 0 Å². The van der Waals surface area contributed by atoms with Crippen LogP contribution in [-0.2, 0) is 0 Å². The summed E-state index contributed by atoms with van der Waals surface area (Å²) < 4.78 is 0. The van der Waals surface area contributed by atoms with Crippen LogP contribution in [0.5, 0.6) is 0 Å². The highest BCUT2D eigenvalue weighted by atomic mass is 28.3. The van der Waals surface area contributed by atoms with Crippen LogP contribution in [-0.4, -0.2) is 16.9 Å². The molecule has 0 aliphatic carbocycles. The van der Waals surface area contributed by atoms with Crippen molar-refractivity contribution in [1.29, 1.82) is 0 Å². The summed E-state index contributed by atoms with van der Waals surface area (Å²) in [7, 11) is -1.09. The predicted octanol–water partition coefficient (Wildman–Crippen LogP) is 3.40. The van der Waals surface area contributed by atoms with Gasteiger partial charge in [0.15, 0.2) is 0 Å². The summed E-state index contributed by atoms with van der Waals surface area (Å²) in [6, 6.07) is 1.42. The van der Waals surface area contributed by atoms with Gasteiger partial charge in [-0.2, -0.15) is 0 Å². The first-order chi connectivity index (χ1) is 5.42. The second kappa shape index (κ2) is 5.61. The average Bonchev–Trinajstić information content (AvgIpc) is 1.83. The minimum Gasteiger partial charge on any atom is -0.132 e. The number of hydrogen-bond acceptors (Lipinski definition) is 0. The van der Waals surface area contributed by atoms with Crippen molar-refractivity contribution < 1.29 is 0 Å². The molecule has 0 aromatic heterocycles. The van der Waals surface area contributed by atoms with E-state index in [1.165, 1.54) is 12.5 Å². The van der Waals surface area contributed by atoms with Crippen molar-refractivity contribution in [3.63, 3.8) is 0 Å². The fraction of sp³-hybridized carbons (Fsp3) is 0.800. The van der Waals surface area contributed by atoms with E-state index in [0.29, 0.717) is 0 Å². The van der Waals surface area contributed by atoms with Crippen molar-refractivity contribution in [2.24, 2.45) is 0 Å². The normalized spacial score (nSPS) is 11.2. The molecule has 0 fully saturated rings. The Morgan fingerprint density at radius 3 is 2.17 bits per heavy atom. The first-order valence-corrected chi connectivity index (χ1v) is 10.9. The van der Waals surface area contributed by atoms with Crippen molar-refractivity contribution in [3.8, 4) is 11.5 Å². The maximum atomic E-state index is 3.40. The minimum absolute atomic E-state index is 0.00661. The van der Waals surface area contributed by atoms with Crippen LogP contribution in [0.15, 0.2) is 0 Å². The quantitative estimate of drug-likeness (QED) is 0.369. The van der Waals surface area contributed by atoms with E-state index in [9.17, 15) is 0 Å².